The van der Waals surface area contributed by atoms with E-state index in [2.05, 4.69) is 10.3 Å². The van der Waals surface area contributed by atoms with E-state index < -0.39 is 6.29 Å². The Labute approximate surface area is 194 Å². The van der Waals surface area contributed by atoms with Crippen LogP contribution in [-0.4, -0.2) is 56.8 Å². The summed E-state index contributed by atoms with van der Waals surface area (Å²) in [6.07, 6.45) is -0.308. The molecule has 3 aromatic rings. The molecular weight excluding hydrogens is 451 g/mol. The highest BCUT2D eigenvalue weighted by atomic mass is 32.1. The molecule has 33 heavy (non-hydrogen) atoms. The number of ether oxygens (including phenoxy) is 4. The molecule has 0 aliphatic rings. The molecule has 0 spiro atoms. The number of rotatable bonds is 11. The third kappa shape index (κ3) is 6.26. The lowest BCUT2D eigenvalue weighted by Crippen LogP contribution is -2.22. The molecule has 1 heterocycles. The Morgan fingerprint density at radius 2 is 1.85 bits per heavy atom. The average molecular weight is 477 g/mol. The van der Waals surface area contributed by atoms with Crippen LogP contribution in [0.2, 0.25) is 0 Å². The fourth-order valence-electron chi connectivity index (χ4n) is 2.96. The molecule has 2 aromatic carbocycles. The van der Waals surface area contributed by atoms with E-state index in [4.69, 9.17) is 18.9 Å². The summed E-state index contributed by atoms with van der Waals surface area (Å²) < 4.78 is 34.5. The number of benzene rings is 2. The molecule has 2 N–H and O–H groups in total. The van der Waals surface area contributed by atoms with Gasteiger partial charge in [0.1, 0.15) is 22.3 Å². The summed E-state index contributed by atoms with van der Waals surface area (Å²) in [7, 11) is 4.52. The molecule has 176 valence electrons. The molecule has 10 heteroatoms. The Bertz CT molecular complexity index is 1070. The standard InChI is InChI=1S/C23H25FN2O6S/c1-29-19-12-16(8-9-18(19)32-13-20(30-2)31-3)25-22(28)21-17(10-11-27)26-23(33-21)14-4-6-15(24)7-5-14/h4-9,12,20,27H,10-11,13H2,1-3H3,(H,25,28). The van der Waals surface area contributed by atoms with Gasteiger partial charge in [0.15, 0.2) is 17.8 Å². The molecule has 0 aliphatic heterocycles. The smallest absolute Gasteiger partial charge is 0.267 e. The number of aliphatic hydroxyl groups excluding tert-OH is 1. The summed E-state index contributed by atoms with van der Waals surface area (Å²) >= 11 is 1.17. The third-order valence-electron chi connectivity index (χ3n) is 4.67. The maximum absolute atomic E-state index is 13.2. The van der Waals surface area contributed by atoms with E-state index in [0.29, 0.717) is 38.3 Å². The van der Waals surface area contributed by atoms with Crippen LogP contribution < -0.4 is 14.8 Å². The van der Waals surface area contributed by atoms with Crippen molar-refractivity contribution in [3.63, 3.8) is 0 Å². The van der Waals surface area contributed by atoms with Crippen LogP contribution in [0, 0.1) is 5.82 Å². The van der Waals surface area contributed by atoms with Gasteiger partial charge >= 0.3 is 0 Å². The van der Waals surface area contributed by atoms with Crippen molar-refractivity contribution < 1.29 is 33.2 Å². The molecule has 0 unspecified atom stereocenters. The number of carbonyl (C=O) groups excluding carboxylic acids is 1. The summed E-state index contributed by atoms with van der Waals surface area (Å²) in [5, 5.41) is 12.8. The molecule has 8 nitrogen and oxygen atoms in total. The predicted octanol–water partition coefficient (Wildman–Crippen LogP) is 3.74. The van der Waals surface area contributed by atoms with E-state index in [-0.39, 0.29) is 31.4 Å². The first-order chi connectivity index (χ1) is 16.0. The van der Waals surface area contributed by atoms with Crippen LogP contribution in [-0.2, 0) is 15.9 Å². The normalized spacial score (nSPS) is 11.0. The monoisotopic (exact) mass is 476 g/mol. The minimum absolute atomic E-state index is 0.156. The number of amides is 1. The second-order valence-corrected chi connectivity index (χ2v) is 7.81. The summed E-state index contributed by atoms with van der Waals surface area (Å²) in [4.78, 5) is 17.8. The van der Waals surface area contributed by atoms with E-state index in [1.807, 2.05) is 0 Å². The van der Waals surface area contributed by atoms with Crippen LogP contribution in [0.4, 0.5) is 10.1 Å². The van der Waals surface area contributed by atoms with Crippen LogP contribution in [0.3, 0.4) is 0 Å². The van der Waals surface area contributed by atoms with Crippen LogP contribution in [0.15, 0.2) is 42.5 Å². The van der Waals surface area contributed by atoms with Crippen molar-refractivity contribution in [1.29, 1.82) is 0 Å². The Morgan fingerprint density at radius 1 is 1.12 bits per heavy atom. The summed E-state index contributed by atoms with van der Waals surface area (Å²) in [5.41, 5.74) is 1.65. The highest BCUT2D eigenvalue weighted by Gasteiger charge is 2.20. The number of aliphatic hydroxyl groups is 1. The van der Waals surface area contributed by atoms with E-state index >= 15 is 0 Å². The number of thiazole rings is 1. The number of anilines is 1. The molecule has 1 amide bonds. The van der Waals surface area contributed by atoms with E-state index in [1.165, 1.54) is 44.8 Å². The number of nitrogens with one attached hydrogen (secondary N) is 1. The molecule has 0 radical (unpaired) electrons. The lowest BCUT2D eigenvalue weighted by molar-refractivity contribution is -0.122. The Balaban J connectivity index is 1.79. The number of aromatic nitrogens is 1. The number of halogens is 1. The van der Waals surface area contributed by atoms with Crippen molar-refractivity contribution in [3.05, 3.63) is 58.9 Å². The minimum atomic E-state index is -0.527. The minimum Gasteiger partial charge on any atom is -0.493 e. The van der Waals surface area contributed by atoms with Crippen LogP contribution in [0.5, 0.6) is 11.5 Å². The van der Waals surface area contributed by atoms with Crippen LogP contribution in [0.1, 0.15) is 15.4 Å². The van der Waals surface area contributed by atoms with Crippen molar-refractivity contribution in [2.75, 3.05) is 39.9 Å². The predicted molar refractivity (Wildman–Crippen MR) is 123 cm³/mol. The average Bonchev–Trinajstić information content (AvgIpc) is 3.25. The van der Waals surface area contributed by atoms with E-state index in [9.17, 15) is 14.3 Å². The zero-order chi connectivity index (χ0) is 23.8. The molecule has 3 rings (SSSR count). The second kappa shape index (κ2) is 11.7. The van der Waals surface area contributed by atoms with Gasteiger partial charge < -0.3 is 29.4 Å². The molecule has 0 aliphatic carbocycles. The zero-order valence-corrected chi connectivity index (χ0v) is 19.3. The van der Waals surface area contributed by atoms with Crippen molar-refractivity contribution in [1.82, 2.24) is 4.98 Å². The maximum atomic E-state index is 13.2. The highest BCUT2D eigenvalue weighted by molar-refractivity contribution is 7.17. The Hall–Kier alpha value is -3.05. The fourth-order valence-corrected chi connectivity index (χ4v) is 3.98. The Kier molecular flexibility index (Phi) is 8.72. The van der Waals surface area contributed by atoms with Crippen LogP contribution in [0.25, 0.3) is 10.6 Å². The van der Waals surface area contributed by atoms with Gasteiger partial charge in [-0.3, -0.25) is 4.79 Å². The quantitative estimate of drug-likeness (QED) is 0.407. The summed E-state index contributed by atoms with van der Waals surface area (Å²) in [5.74, 6) is 0.154. The third-order valence-corrected chi connectivity index (χ3v) is 5.81. The van der Waals surface area contributed by atoms with E-state index in [1.54, 1.807) is 30.3 Å². The van der Waals surface area contributed by atoms with E-state index in [0.717, 1.165) is 0 Å². The van der Waals surface area contributed by atoms with Crippen LogP contribution >= 0.6 is 11.3 Å². The number of methoxy groups -OCH3 is 3. The van der Waals surface area contributed by atoms with Gasteiger partial charge in [0.2, 0.25) is 0 Å². The zero-order valence-electron chi connectivity index (χ0n) is 18.5. The lowest BCUT2D eigenvalue weighted by atomic mass is 10.2. The van der Waals surface area contributed by atoms with Crippen molar-refractivity contribution in [2.45, 2.75) is 12.7 Å². The topological polar surface area (TPSA) is 99.1 Å². The molecular formula is C23H25FN2O6S. The van der Waals surface area contributed by atoms with Gasteiger partial charge in [-0.05, 0) is 36.4 Å². The van der Waals surface area contributed by atoms with Gasteiger partial charge in [-0.15, -0.1) is 11.3 Å². The summed E-state index contributed by atoms with van der Waals surface area (Å²) in [6, 6.07) is 10.8. The first-order valence-corrected chi connectivity index (χ1v) is 10.8. The van der Waals surface area contributed by atoms with Crippen molar-refractivity contribution in [2.24, 2.45) is 0 Å². The second-order valence-electron chi connectivity index (χ2n) is 6.81. The van der Waals surface area contributed by atoms with Crippen molar-refractivity contribution in [3.8, 4) is 22.1 Å². The fraction of sp³-hybridized carbons (Fsp3) is 0.304. The molecule has 0 atom stereocenters. The van der Waals surface area contributed by atoms with Gasteiger partial charge in [0, 0.05) is 44.6 Å². The number of nitrogens with zero attached hydrogens (tertiary/aromatic N) is 1. The largest absolute Gasteiger partial charge is 0.493 e. The highest BCUT2D eigenvalue weighted by Crippen LogP contribution is 2.32. The maximum Gasteiger partial charge on any atom is 0.267 e. The van der Waals surface area contributed by atoms with Gasteiger partial charge in [-0.2, -0.15) is 0 Å². The number of carbonyl (C=O) groups is 1. The van der Waals surface area contributed by atoms with Gasteiger partial charge in [-0.1, -0.05) is 0 Å². The lowest BCUT2D eigenvalue weighted by Gasteiger charge is -2.16. The van der Waals surface area contributed by atoms with Gasteiger partial charge in [0.05, 0.1) is 12.8 Å². The molecule has 0 fully saturated rings. The summed E-state index contributed by atoms with van der Waals surface area (Å²) in [6.45, 7) is 0.00326. The number of hydrogen-bond acceptors (Lipinski definition) is 8. The first-order valence-electron chi connectivity index (χ1n) is 10.0. The molecule has 1 aromatic heterocycles. The first kappa shape index (κ1) is 24.6. The number of hydrogen-bond donors (Lipinski definition) is 2. The molecule has 0 saturated heterocycles. The van der Waals surface area contributed by atoms with Gasteiger partial charge in [-0.25, -0.2) is 9.37 Å². The molecule has 0 saturated carbocycles. The SMILES string of the molecule is COc1cc(NC(=O)c2sc(-c3ccc(F)cc3)nc2CCO)ccc1OCC(OC)OC. The molecule has 0 bridgehead atoms. The van der Waals surface area contributed by atoms with Crippen molar-refractivity contribution >= 4 is 22.9 Å². The van der Waals surface area contributed by atoms with Gasteiger partial charge in [0.25, 0.3) is 5.91 Å². The Morgan fingerprint density at radius 3 is 2.48 bits per heavy atom.